The van der Waals surface area contributed by atoms with Crippen molar-refractivity contribution >= 4 is 40.0 Å². The Bertz CT molecular complexity index is 1890. The molecule has 3 aromatic rings. The van der Waals surface area contributed by atoms with Crippen LogP contribution < -0.4 is 19.7 Å². The molecular formula is C38H42N6O4. The molecule has 1 aliphatic carbocycles. The molecule has 0 saturated carbocycles. The van der Waals surface area contributed by atoms with E-state index in [1.54, 1.807) is 0 Å². The van der Waals surface area contributed by atoms with Gasteiger partial charge in [0.1, 0.15) is 29.0 Å². The minimum atomic E-state index is -0.481. The number of anilines is 3. The first kappa shape index (κ1) is 31.6. The van der Waals surface area contributed by atoms with Gasteiger partial charge in [-0.1, -0.05) is 12.2 Å². The summed E-state index contributed by atoms with van der Waals surface area (Å²) in [5.41, 5.74) is 4.91. The maximum atomic E-state index is 12.4. The van der Waals surface area contributed by atoms with Crippen molar-refractivity contribution < 1.29 is 19.0 Å². The normalized spacial score (nSPS) is 23.7. The predicted octanol–water partition coefficient (Wildman–Crippen LogP) is 7.89. The van der Waals surface area contributed by atoms with E-state index in [4.69, 9.17) is 19.2 Å². The number of carbonyl (C=O) groups is 1. The maximum Gasteiger partial charge on any atom is 0.306 e. The van der Waals surface area contributed by atoms with Gasteiger partial charge >= 0.3 is 5.97 Å². The van der Waals surface area contributed by atoms with E-state index in [-0.39, 0.29) is 11.9 Å². The number of pyridine rings is 1. The molecule has 2 aromatic heterocycles. The van der Waals surface area contributed by atoms with Gasteiger partial charge in [-0.3, -0.25) is 9.79 Å². The molecule has 3 aliphatic heterocycles. The molecule has 1 N–H and O–H groups in total. The van der Waals surface area contributed by atoms with Crippen molar-refractivity contribution in [2.45, 2.75) is 71.8 Å². The van der Waals surface area contributed by atoms with Crippen LogP contribution in [0.2, 0.25) is 0 Å². The fraction of sp³-hybridized carbons (Fsp3) is 0.395. The maximum absolute atomic E-state index is 12.4. The van der Waals surface area contributed by atoms with Crippen LogP contribution in [-0.4, -0.2) is 45.3 Å². The fourth-order valence-electron chi connectivity index (χ4n) is 6.55. The quantitative estimate of drug-likeness (QED) is 0.256. The minimum absolute atomic E-state index is 0.164. The van der Waals surface area contributed by atoms with Crippen LogP contribution in [0, 0.1) is 18.8 Å². The Morgan fingerprint density at radius 1 is 1.17 bits per heavy atom. The monoisotopic (exact) mass is 646 g/mol. The van der Waals surface area contributed by atoms with Crippen LogP contribution in [-0.2, 0) is 9.53 Å². The first-order valence-electron chi connectivity index (χ1n) is 16.8. The van der Waals surface area contributed by atoms with Crippen molar-refractivity contribution in [3.8, 4) is 11.5 Å². The smallest absolute Gasteiger partial charge is 0.306 e. The number of fused-ring (bicyclic) bond motifs is 8. The summed E-state index contributed by atoms with van der Waals surface area (Å²) in [5, 5.41) is 3.46. The molecule has 2 atom stereocenters. The highest BCUT2D eigenvalue weighted by molar-refractivity contribution is 5.96. The molecular weight excluding hydrogens is 604 g/mol. The van der Waals surface area contributed by atoms with Gasteiger partial charge in [-0.15, -0.1) is 0 Å². The molecule has 4 bridgehead atoms. The van der Waals surface area contributed by atoms with Gasteiger partial charge in [0.15, 0.2) is 17.4 Å². The number of nitrogens with zero attached hydrogens (tertiary/aromatic N) is 5. The number of allylic oxidation sites excluding steroid dienone is 4. The summed E-state index contributed by atoms with van der Waals surface area (Å²) in [5.74, 6) is 4.18. The second-order valence-electron chi connectivity index (χ2n) is 13.9. The minimum Gasteiger partial charge on any atom is -0.461 e. The molecule has 5 heterocycles. The topological polar surface area (TPSA) is 111 Å². The number of piperidine rings is 1. The highest BCUT2D eigenvalue weighted by Gasteiger charge is 2.31. The van der Waals surface area contributed by atoms with Crippen molar-refractivity contribution in [1.29, 1.82) is 0 Å². The molecule has 1 aromatic carbocycles. The first-order valence-corrected chi connectivity index (χ1v) is 16.8. The number of hydrogen-bond donors (Lipinski definition) is 1. The van der Waals surface area contributed by atoms with Gasteiger partial charge in [0, 0.05) is 49.3 Å². The van der Waals surface area contributed by atoms with Gasteiger partial charge in [0.25, 0.3) is 0 Å². The number of aliphatic imine (C=N–C) groups is 1. The lowest BCUT2D eigenvalue weighted by Crippen LogP contribution is -2.36. The average Bonchev–Trinajstić information content (AvgIpc) is 3.16. The second kappa shape index (κ2) is 13.3. The van der Waals surface area contributed by atoms with Gasteiger partial charge in [0.2, 0.25) is 0 Å². The van der Waals surface area contributed by atoms with E-state index in [9.17, 15) is 4.79 Å². The lowest BCUT2D eigenvalue weighted by molar-refractivity contribution is -0.155. The predicted molar refractivity (Wildman–Crippen MR) is 188 cm³/mol. The van der Waals surface area contributed by atoms with E-state index in [1.165, 1.54) is 6.33 Å². The fourth-order valence-corrected chi connectivity index (χ4v) is 6.55. The molecule has 10 nitrogen and oxygen atoms in total. The summed E-state index contributed by atoms with van der Waals surface area (Å²) in [6.45, 7) is 9.22. The third kappa shape index (κ3) is 7.27. The summed E-state index contributed by atoms with van der Waals surface area (Å²) in [7, 11) is 0. The third-order valence-corrected chi connectivity index (χ3v) is 9.02. The number of ether oxygens (including phenoxy) is 3. The Hall–Kier alpha value is -4.99. The third-order valence-electron chi connectivity index (χ3n) is 9.02. The van der Waals surface area contributed by atoms with Gasteiger partial charge < -0.3 is 24.4 Å². The van der Waals surface area contributed by atoms with Gasteiger partial charge in [0.05, 0.1) is 11.8 Å². The van der Waals surface area contributed by atoms with Crippen LogP contribution in [0.15, 0.2) is 83.7 Å². The van der Waals surface area contributed by atoms with Crippen molar-refractivity contribution in [1.82, 2.24) is 15.0 Å². The highest BCUT2D eigenvalue weighted by atomic mass is 16.6. The first-order chi connectivity index (χ1) is 23.2. The van der Waals surface area contributed by atoms with Gasteiger partial charge in [-0.05, 0) is 107 Å². The van der Waals surface area contributed by atoms with E-state index in [2.05, 4.69) is 43.4 Å². The van der Waals surface area contributed by atoms with Crippen molar-refractivity contribution in [3.63, 3.8) is 0 Å². The number of aryl methyl sites for hydroxylation is 1. The van der Waals surface area contributed by atoms with Crippen LogP contribution in [0.4, 0.5) is 17.3 Å². The lowest BCUT2D eigenvalue weighted by Gasteiger charge is -2.33. The summed E-state index contributed by atoms with van der Waals surface area (Å²) in [4.78, 5) is 33.3. The average molecular weight is 647 g/mol. The van der Waals surface area contributed by atoms with E-state index in [1.807, 2.05) is 70.5 Å². The largest absolute Gasteiger partial charge is 0.461 e. The molecule has 48 heavy (non-hydrogen) atoms. The Kier molecular flexibility index (Phi) is 8.73. The Morgan fingerprint density at radius 3 is 2.92 bits per heavy atom. The van der Waals surface area contributed by atoms with Crippen LogP contribution >= 0.6 is 0 Å². The number of aromatic nitrogens is 3. The summed E-state index contributed by atoms with van der Waals surface area (Å²) in [6.07, 6.45) is 18.8. The van der Waals surface area contributed by atoms with Crippen molar-refractivity contribution in [2.24, 2.45) is 16.8 Å². The molecule has 0 spiro atoms. The number of carbonyl (C=O) groups excluding carboxylic acids is 1. The molecule has 2 unspecified atom stereocenters. The molecule has 4 aliphatic rings. The summed E-state index contributed by atoms with van der Waals surface area (Å²) in [6, 6.07) is 7.93. The Morgan fingerprint density at radius 2 is 2.06 bits per heavy atom. The molecule has 0 amide bonds. The highest BCUT2D eigenvalue weighted by Crippen LogP contribution is 2.39. The molecule has 10 heteroatoms. The van der Waals surface area contributed by atoms with Crippen LogP contribution in [0.3, 0.4) is 0 Å². The lowest BCUT2D eigenvalue weighted by atomic mass is 9.88. The number of esters is 1. The summed E-state index contributed by atoms with van der Waals surface area (Å²) >= 11 is 0. The number of benzene rings is 1. The Balaban J connectivity index is 1.07. The van der Waals surface area contributed by atoms with E-state index < -0.39 is 5.60 Å². The SMILES string of the molecule is Cc1cc(Nc2ncnc3cc4c(nc23)N2CCC(CCC(=O)OC(C)(C)C)C(=CO4)C2)ccc1OC1=C/C2=N/C=C\CC(/C=C\1)CC2. The molecule has 1 saturated heterocycles. The van der Waals surface area contributed by atoms with E-state index >= 15 is 0 Å². The number of nitrogens with one attached hydrogen (secondary N) is 1. The van der Waals surface area contributed by atoms with Gasteiger partial charge in [-0.2, -0.15) is 0 Å². The number of rotatable bonds is 7. The standard InChI is InChI=1S/C38H42N6O4/c1-24-18-29(11-13-32(24)47-30-12-8-25-6-5-16-39-28(19-30)10-7-25)42-36-35-31(40-23-41-36)20-33-37(43-35)44-17-15-26(27(21-44)22-46-33)9-14-34(45)48-38(2,3)4/h5,8,11-13,16,18-20,22-23,25-26H,6-7,9-10,14-15,17,21H2,1-4H3,(H,40,41,42)/b12-8-,16-5-,30-19+,39-28+. The molecule has 7 rings (SSSR count). The summed E-state index contributed by atoms with van der Waals surface area (Å²) < 4.78 is 18.1. The van der Waals surface area contributed by atoms with Crippen LogP contribution in [0.25, 0.3) is 11.0 Å². The van der Waals surface area contributed by atoms with E-state index in [0.717, 1.165) is 78.5 Å². The van der Waals surface area contributed by atoms with Crippen LogP contribution in [0.1, 0.15) is 64.9 Å². The molecule has 1 fully saturated rings. The van der Waals surface area contributed by atoms with E-state index in [0.29, 0.717) is 41.5 Å². The zero-order chi connectivity index (χ0) is 33.3. The second-order valence-corrected chi connectivity index (χ2v) is 13.9. The zero-order valence-electron chi connectivity index (χ0n) is 28.0. The van der Waals surface area contributed by atoms with Gasteiger partial charge in [-0.25, -0.2) is 15.0 Å². The van der Waals surface area contributed by atoms with Crippen LogP contribution in [0.5, 0.6) is 11.5 Å². The molecule has 248 valence electrons. The van der Waals surface area contributed by atoms with Crippen molar-refractivity contribution in [2.75, 3.05) is 23.3 Å². The Labute approximate surface area is 281 Å². The molecule has 0 radical (unpaired) electrons. The zero-order valence-corrected chi connectivity index (χ0v) is 28.0. The van der Waals surface area contributed by atoms with Crippen molar-refractivity contribution in [3.05, 3.63) is 84.3 Å². The number of hydrogen-bond acceptors (Lipinski definition) is 10.